The minimum absolute atomic E-state index is 0.00273. The molecule has 0 atom stereocenters. The smallest absolute Gasteiger partial charge is 0.299 e. The highest BCUT2D eigenvalue weighted by atomic mass is 35.5. The summed E-state index contributed by atoms with van der Waals surface area (Å²) in [5, 5.41) is 18.6. The molecule has 132 valence electrons. The Labute approximate surface area is 150 Å². The number of hydroxylamine groups is 2. The zero-order chi connectivity index (χ0) is 18.4. The molecular weight excluding hydrogens is 344 g/mol. The molecule has 1 aromatic heterocycles. The second-order valence-electron chi connectivity index (χ2n) is 5.13. The molecule has 0 radical (unpaired) electrons. The summed E-state index contributed by atoms with van der Waals surface area (Å²) in [6, 6.07) is 8.95. The molecular formula is C16H19ClN6O2. The van der Waals surface area contributed by atoms with Crippen LogP contribution >= 0.6 is 11.6 Å². The number of hydrogen-bond donors (Lipinski definition) is 2. The molecule has 0 spiro atoms. The highest BCUT2D eigenvalue weighted by Crippen LogP contribution is 2.25. The molecule has 9 heteroatoms. The molecule has 1 amide bonds. The summed E-state index contributed by atoms with van der Waals surface area (Å²) in [5.41, 5.74) is 6.32. The number of hydrogen-bond acceptors (Lipinski definition) is 6. The van der Waals surface area contributed by atoms with Crippen LogP contribution in [0.4, 0.5) is 5.82 Å². The van der Waals surface area contributed by atoms with E-state index in [1.54, 1.807) is 24.3 Å². The van der Waals surface area contributed by atoms with Gasteiger partial charge in [0.2, 0.25) is 0 Å². The number of amides is 1. The SMILES string of the molecule is CON(C)C(=O)c1nn(-c2ccc(Cl)cc2)c(NCCCN)c1C#N. The lowest BCUT2D eigenvalue weighted by Gasteiger charge is -2.11. The number of anilines is 1. The van der Waals surface area contributed by atoms with Gasteiger partial charge >= 0.3 is 0 Å². The summed E-state index contributed by atoms with van der Waals surface area (Å²) in [5.74, 6) is -0.0974. The fourth-order valence-corrected chi connectivity index (χ4v) is 2.27. The number of nitrogens with two attached hydrogens (primary N) is 1. The number of carbonyl (C=O) groups excluding carboxylic acids is 1. The topological polar surface area (TPSA) is 109 Å². The predicted molar refractivity (Wildman–Crippen MR) is 94.6 cm³/mol. The van der Waals surface area contributed by atoms with E-state index in [2.05, 4.69) is 10.4 Å². The fourth-order valence-electron chi connectivity index (χ4n) is 2.15. The van der Waals surface area contributed by atoms with Crippen molar-refractivity contribution >= 4 is 23.3 Å². The molecule has 2 rings (SSSR count). The molecule has 3 N–H and O–H groups in total. The molecule has 0 saturated carbocycles. The van der Waals surface area contributed by atoms with Crippen LogP contribution in [0.25, 0.3) is 5.69 Å². The maximum absolute atomic E-state index is 12.4. The van der Waals surface area contributed by atoms with E-state index in [9.17, 15) is 10.1 Å². The van der Waals surface area contributed by atoms with Gasteiger partial charge in [-0.25, -0.2) is 9.75 Å². The van der Waals surface area contributed by atoms with Gasteiger partial charge in [-0.2, -0.15) is 10.4 Å². The van der Waals surface area contributed by atoms with Gasteiger partial charge in [-0.15, -0.1) is 0 Å². The molecule has 0 aliphatic heterocycles. The van der Waals surface area contributed by atoms with Crippen molar-refractivity contribution in [2.75, 3.05) is 32.6 Å². The largest absolute Gasteiger partial charge is 0.369 e. The first-order valence-electron chi connectivity index (χ1n) is 7.58. The monoisotopic (exact) mass is 362 g/mol. The van der Waals surface area contributed by atoms with Gasteiger partial charge < -0.3 is 11.1 Å². The summed E-state index contributed by atoms with van der Waals surface area (Å²) in [6.45, 7) is 1.04. The Bertz CT molecular complexity index is 781. The van der Waals surface area contributed by atoms with Crippen molar-refractivity contribution in [2.24, 2.45) is 5.73 Å². The quantitative estimate of drug-likeness (QED) is 0.574. The first-order valence-corrected chi connectivity index (χ1v) is 7.96. The van der Waals surface area contributed by atoms with Crippen LogP contribution in [-0.2, 0) is 4.84 Å². The minimum Gasteiger partial charge on any atom is -0.369 e. The van der Waals surface area contributed by atoms with Crippen molar-refractivity contribution in [2.45, 2.75) is 6.42 Å². The van der Waals surface area contributed by atoms with Crippen molar-refractivity contribution < 1.29 is 9.63 Å². The van der Waals surface area contributed by atoms with E-state index >= 15 is 0 Å². The molecule has 2 aromatic rings. The van der Waals surface area contributed by atoms with Gasteiger partial charge in [0.15, 0.2) is 5.69 Å². The summed E-state index contributed by atoms with van der Waals surface area (Å²) in [4.78, 5) is 17.3. The standard InChI is InChI=1S/C16H19ClN6O2/c1-22(25-2)16(24)14-13(10-19)15(20-9-3-8-18)23(21-14)12-6-4-11(17)5-7-12/h4-7,20H,3,8-9,18H2,1-2H3. The Morgan fingerprint density at radius 1 is 1.48 bits per heavy atom. The molecule has 0 fully saturated rings. The fraction of sp³-hybridized carbons (Fsp3) is 0.312. The second-order valence-corrected chi connectivity index (χ2v) is 5.56. The molecule has 0 unspecified atom stereocenters. The first kappa shape index (κ1) is 18.7. The van der Waals surface area contributed by atoms with Gasteiger partial charge in [-0.3, -0.25) is 9.63 Å². The van der Waals surface area contributed by atoms with Crippen molar-refractivity contribution in [3.63, 3.8) is 0 Å². The average Bonchev–Trinajstić information content (AvgIpc) is 2.99. The van der Waals surface area contributed by atoms with E-state index in [-0.39, 0.29) is 11.3 Å². The van der Waals surface area contributed by atoms with E-state index in [4.69, 9.17) is 22.2 Å². The van der Waals surface area contributed by atoms with Crippen LogP contribution in [0, 0.1) is 11.3 Å². The third-order valence-electron chi connectivity index (χ3n) is 3.50. The zero-order valence-electron chi connectivity index (χ0n) is 14.0. The van der Waals surface area contributed by atoms with Gasteiger partial charge in [-0.1, -0.05) is 11.6 Å². The van der Waals surface area contributed by atoms with Crippen LogP contribution in [0.3, 0.4) is 0 Å². The Kier molecular flexibility index (Phi) is 6.36. The summed E-state index contributed by atoms with van der Waals surface area (Å²) < 4.78 is 1.50. The molecule has 0 aliphatic rings. The number of carbonyl (C=O) groups is 1. The zero-order valence-corrected chi connectivity index (χ0v) is 14.7. The number of halogens is 1. The summed E-state index contributed by atoms with van der Waals surface area (Å²) in [6.07, 6.45) is 0.706. The van der Waals surface area contributed by atoms with E-state index < -0.39 is 5.91 Å². The number of rotatable bonds is 7. The lowest BCUT2D eigenvalue weighted by molar-refractivity contribution is -0.0760. The Morgan fingerprint density at radius 3 is 2.72 bits per heavy atom. The number of nitriles is 1. The Balaban J connectivity index is 2.55. The van der Waals surface area contributed by atoms with Gasteiger partial charge in [0, 0.05) is 18.6 Å². The van der Waals surface area contributed by atoms with E-state index in [0.717, 1.165) is 5.06 Å². The maximum atomic E-state index is 12.4. The summed E-state index contributed by atoms with van der Waals surface area (Å²) >= 11 is 5.93. The van der Waals surface area contributed by atoms with Crippen LogP contribution in [0.2, 0.25) is 5.02 Å². The van der Waals surface area contributed by atoms with Crippen molar-refractivity contribution in [3.8, 4) is 11.8 Å². The number of nitrogens with one attached hydrogen (secondary N) is 1. The maximum Gasteiger partial charge on any atom is 0.299 e. The van der Waals surface area contributed by atoms with Crippen molar-refractivity contribution in [3.05, 3.63) is 40.5 Å². The van der Waals surface area contributed by atoms with Crippen molar-refractivity contribution in [1.29, 1.82) is 5.26 Å². The number of benzene rings is 1. The predicted octanol–water partition coefficient (Wildman–Crippen LogP) is 1.79. The van der Waals surface area contributed by atoms with Crippen LogP contribution < -0.4 is 11.1 Å². The summed E-state index contributed by atoms with van der Waals surface area (Å²) in [7, 11) is 2.81. The van der Waals surface area contributed by atoms with Crippen LogP contribution in [0.15, 0.2) is 24.3 Å². The molecule has 25 heavy (non-hydrogen) atoms. The van der Waals surface area contributed by atoms with Crippen LogP contribution in [0.5, 0.6) is 0 Å². The normalized spacial score (nSPS) is 10.4. The highest BCUT2D eigenvalue weighted by Gasteiger charge is 2.26. The second kappa shape index (κ2) is 8.48. The Hall–Kier alpha value is -2.60. The van der Waals surface area contributed by atoms with Gasteiger partial charge in [-0.05, 0) is 37.2 Å². The lowest BCUT2D eigenvalue weighted by Crippen LogP contribution is -2.26. The van der Waals surface area contributed by atoms with E-state index in [1.165, 1.54) is 18.8 Å². The van der Waals surface area contributed by atoms with Crippen molar-refractivity contribution in [1.82, 2.24) is 14.8 Å². The van der Waals surface area contributed by atoms with E-state index in [0.29, 0.717) is 36.0 Å². The molecule has 0 bridgehead atoms. The molecule has 0 saturated heterocycles. The molecule has 1 heterocycles. The third-order valence-corrected chi connectivity index (χ3v) is 3.76. The molecule has 8 nitrogen and oxygen atoms in total. The van der Waals surface area contributed by atoms with E-state index in [1.807, 2.05) is 6.07 Å². The Morgan fingerprint density at radius 2 is 2.16 bits per heavy atom. The average molecular weight is 363 g/mol. The van der Waals surface area contributed by atoms with Gasteiger partial charge in [0.05, 0.1) is 12.8 Å². The number of aromatic nitrogens is 2. The molecule has 1 aromatic carbocycles. The molecule has 0 aliphatic carbocycles. The van der Waals surface area contributed by atoms with Crippen LogP contribution in [-0.4, -0.2) is 48.0 Å². The lowest BCUT2D eigenvalue weighted by atomic mass is 10.2. The van der Waals surface area contributed by atoms with Crippen LogP contribution in [0.1, 0.15) is 22.5 Å². The highest BCUT2D eigenvalue weighted by molar-refractivity contribution is 6.30. The third kappa shape index (κ3) is 4.09. The van der Waals surface area contributed by atoms with Gasteiger partial charge in [0.1, 0.15) is 17.5 Å². The number of nitrogens with zero attached hydrogens (tertiary/aromatic N) is 4. The van der Waals surface area contributed by atoms with Gasteiger partial charge in [0.25, 0.3) is 5.91 Å². The first-order chi connectivity index (χ1) is 12.0. The minimum atomic E-state index is -0.520.